The van der Waals surface area contributed by atoms with Gasteiger partial charge in [-0.1, -0.05) is 86.3 Å². The van der Waals surface area contributed by atoms with Crippen molar-refractivity contribution in [1.29, 1.82) is 0 Å². The highest BCUT2D eigenvalue weighted by Gasteiger charge is 2.10. The molecule has 4 heteroatoms. The Morgan fingerprint density at radius 1 is 0.694 bits per heavy atom. The van der Waals surface area contributed by atoms with Gasteiger partial charge >= 0.3 is 0 Å². The molecule has 0 unspecified atom stereocenters. The highest BCUT2D eigenvalue weighted by Crippen LogP contribution is 2.25. The molecular formula is C32H33ClF2O. The third-order valence-corrected chi connectivity index (χ3v) is 6.96. The summed E-state index contributed by atoms with van der Waals surface area (Å²) in [5.41, 5.74) is 3.88. The predicted octanol–water partition coefficient (Wildman–Crippen LogP) is 9.30. The SMILES string of the molecule is CCCCCCOc1ccc(CCc2ccc3c(F)c(CCc4ccc(Cl)c(F)c4)ccc3c2)cc1. The number of hydrogen-bond donors (Lipinski definition) is 0. The second-order valence-corrected chi connectivity index (χ2v) is 9.80. The number of benzene rings is 4. The fourth-order valence-electron chi connectivity index (χ4n) is 4.47. The van der Waals surface area contributed by atoms with Crippen LogP contribution in [0.5, 0.6) is 5.75 Å². The van der Waals surface area contributed by atoms with Crippen molar-refractivity contribution in [2.75, 3.05) is 6.61 Å². The Morgan fingerprint density at radius 3 is 2.17 bits per heavy atom. The number of hydrogen-bond acceptors (Lipinski definition) is 1. The summed E-state index contributed by atoms with van der Waals surface area (Å²) in [5.74, 6) is 0.287. The van der Waals surface area contributed by atoms with E-state index in [0.29, 0.717) is 23.8 Å². The molecule has 1 nitrogen and oxygen atoms in total. The molecule has 0 aliphatic carbocycles. The molecule has 4 aromatic rings. The second kappa shape index (κ2) is 12.9. The quantitative estimate of drug-likeness (QED) is 0.174. The van der Waals surface area contributed by atoms with Crippen LogP contribution in [0.4, 0.5) is 8.78 Å². The summed E-state index contributed by atoms with van der Waals surface area (Å²) in [6.07, 6.45) is 7.67. The van der Waals surface area contributed by atoms with E-state index in [9.17, 15) is 4.39 Å². The Kier molecular flexibility index (Phi) is 9.35. The number of fused-ring (bicyclic) bond motifs is 1. The zero-order chi connectivity index (χ0) is 25.3. The largest absolute Gasteiger partial charge is 0.494 e. The molecule has 188 valence electrons. The Hall–Kier alpha value is -2.91. The molecular weight excluding hydrogens is 474 g/mol. The lowest BCUT2D eigenvalue weighted by atomic mass is 9.97. The van der Waals surface area contributed by atoms with Crippen LogP contribution in [0, 0.1) is 11.6 Å². The zero-order valence-corrected chi connectivity index (χ0v) is 21.6. The van der Waals surface area contributed by atoms with Crippen molar-refractivity contribution in [2.24, 2.45) is 0 Å². The number of rotatable bonds is 12. The minimum atomic E-state index is -0.442. The molecule has 0 atom stereocenters. The predicted molar refractivity (Wildman–Crippen MR) is 146 cm³/mol. The van der Waals surface area contributed by atoms with Gasteiger partial charge in [-0.3, -0.25) is 0 Å². The molecule has 4 aromatic carbocycles. The van der Waals surface area contributed by atoms with E-state index in [1.807, 2.05) is 36.4 Å². The Labute approximate surface area is 218 Å². The summed E-state index contributed by atoms with van der Waals surface area (Å²) >= 11 is 5.75. The van der Waals surface area contributed by atoms with Crippen LogP contribution in [0.1, 0.15) is 54.9 Å². The molecule has 36 heavy (non-hydrogen) atoms. The van der Waals surface area contributed by atoms with Crippen LogP contribution in [0.15, 0.2) is 72.8 Å². The smallest absolute Gasteiger partial charge is 0.142 e. The van der Waals surface area contributed by atoms with E-state index in [0.717, 1.165) is 42.6 Å². The average molecular weight is 507 g/mol. The van der Waals surface area contributed by atoms with Crippen LogP contribution in [-0.2, 0) is 25.7 Å². The molecule has 0 aliphatic heterocycles. The highest BCUT2D eigenvalue weighted by molar-refractivity contribution is 6.30. The molecule has 0 saturated carbocycles. The van der Waals surface area contributed by atoms with Gasteiger partial charge < -0.3 is 4.74 Å². The Bertz CT molecular complexity index is 1280. The summed E-state index contributed by atoms with van der Waals surface area (Å²) in [4.78, 5) is 0. The Morgan fingerprint density at radius 2 is 1.39 bits per heavy atom. The average Bonchev–Trinajstić information content (AvgIpc) is 2.89. The van der Waals surface area contributed by atoms with Gasteiger partial charge in [0.25, 0.3) is 0 Å². The number of ether oxygens (including phenoxy) is 1. The molecule has 0 radical (unpaired) electrons. The molecule has 0 aromatic heterocycles. The molecule has 0 bridgehead atoms. The van der Waals surface area contributed by atoms with Crippen LogP contribution >= 0.6 is 11.6 Å². The monoisotopic (exact) mass is 506 g/mol. The first-order valence-electron chi connectivity index (χ1n) is 12.9. The summed E-state index contributed by atoms with van der Waals surface area (Å²) in [5, 5.41) is 1.63. The van der Waals surface area contributed by atoms with E-state index in [-0.39, 0.29) is 10.8 Å². The van der Waals surface area contributed by atoms with Crippen LogP contribution < -0.4 is 4.74 Å². The van der Waals surface area contributed by atoms with Crippen molar-refractivity contribution in [3.63, 3.8) is 0 Å². The second-order valence-electron chi connectivity index (χ2n) is 9.40. The van der Waals surface area contributed by atoms with E-state index >= 15 is 4.39 Å². The first kappa shape index (κ1) is 26.2. The maximum atomic E-state index is 15.2. The Balaban J connectivity index is 1.33. The first-order valence-corrected chi connectivity index (χ1v) is 13.3. The molecule has 0 heterocycles. The van der Waals surface area contributed by atoms with E-state index < -0.39 is 5.82 Å². The van der Waals surface area contributed by atoms with Crippen molar-refractivity contribution in [1.82, 2.24) is 0 Å². The van der Waals surface area contributed by atoms with Gasteiger partial charge in [-0.25, -0.2) is 8.78 Å². The standard InChI is InChI=1S/C32H33ClF2O/c1-2-3-4-5-20-36-28-16-9-23(10-17-28)6-7-24-11-18-29-27(21-24)15-14-26(32(29)35)13-8-25-12-19-30(33)31(34)22-25/h9-12,14-19,21-22H,2-8,13,20H2,1H3. The first-order chi connectivity index (χ1) is 17.5. The van der Waals surface area contributed by atoms with Gasteiger partial charge in [0.2, 0.25) is 0 Å². The lowest BCUT2D eigenvalue weighted by Gasteiger charge is -2.10. The van der Waals surface area contributed by atoms with Gasteiger partial charge in [0.15, 0.2) is 0 Å². The van der Waals surface area contributed by atoms with Gasteiger partial charge in [-0.15, -0.1) is 0 Å². The lowest BCUT2D eigenvalue weighted by Crippen LogP contribution is -1.98. The minimum absolute atomic E-state index is 0.102. The van der Waals surface area contributed by atoms with Crippen LogP contribution in [0.2, 0.25) is 5.02 Å². The molecule has 0 amide bonds. The lowest BCUT2D eigenvalue weighted by molar-refractivity contribution is 0.305. The van der Waals surface area contributed by atoms with Gasteiger partial charge in [0.05, 0.1) is 11.6 Å². The maximum absolute atomic E-state index is 15.2. The maximum Gasteiger partial charge on any atom is 0.142 e. The van der Waals surface area contributed by atoms with Crippen LogP contribution in [0.25, 0.3) is 10.8 Å². The number of aryl methyl sites for hydroxylation is 4. The van der Waals surface area contributed by atoms with E-state index in [1.54, 1.807) is 12.1 Å². The summed E-state index contributed by atoms with van der Waals surface area (Å²) in [6, 6.07) is 22.9. The highest BCUT2D eigenvalue weighted by atomic mass is 35.5. The summed E-state index contributed by atoms with van der Waals surface area (Å²) in [7, 11) is 0. The summed E-state index contributed by atoms with van der Waals surface area (Å²) in [6.45, 7) is 2.98. The normalized spacial score (nSPS) is 11.2. The molecule has 0 aliphatic rings. The van der Waals surface area contributed by atoms with E-state index in [1.165, 1.54) is 36.5 Å². The van der Waals surface area contributed by atoms with Gasteiger partial charge in [0, 0.05) is 5.39 Å². The fourth-order valence-corrected chi connectivity index (χ4v) is 4.59. The topological polar surface area (TPSA) is 9.23 Å². The molecule has 0 saturated heterocycles. The zero-order valence-electron chi connectivity index (χ0n) is 20.8. The third-order valence-electron chi connectivity index (χ3n) is 6.66. The number of unbranched alkanes of at least 4 members (excludes halogenated alkanes) is 3. The van der Waals surface area contributed by atoms with Gasteiger partial charge in [0.1, 0.15) is 17.4 Å². The molecule has 0 N–H and O–H groups in total. The van der Waals surface area contributed by atoms with Crippen LogP contribution in [-0.4, -0.2) is 6.61 Å². The number of halogens is 3. The summed E-state index contributed by atoms with van der Waals surface area (Å²) < 4.78 is 34.7. The third kappa shape index (κ3) is 7.07. The van der Waals surface area contributed by atoms with Crippen molar-refractivity contribution < 1.29 is 13.5 Å². The van der Waals surface area contributed by atoms with Gasteiger partial charge in [-0.05, 0) is 84.0 Å². The van der Waals surface area contributed by atoms with E-state index in [4.69, 9.17) is 16.3 Å². The van der Waals surface area contributed by atoms with Crippen molar-refractivity contribution in [2.45, 2.75) is 58.3 Å². The fraction of sp³-hybridized carbons (Fsp3) is 0.312. The molecule has 0 fully saturated rings. The molecule has 0 spiro atoms. The van der Waals surface area contributed by atoms with Crippen molar-refractivity contribution in [3.05, 3.63) is 112 Å². The van der Waals surface area contributed by atoms with Gasteiger partial charge in [-0.2, -0.15) is 0 Å². The minimum Gasteiger partial charge on any atom is -0.494 e. The molecule has 4 rings (SSSR count). The van der Waals surface area contributed by atoms with Crippen molar-refractivity contribution >= 4 is 22.4 Å². The van der Waals surface area contributed by atoms with Crippen LogP contribution in [0.3, 0.4) is 0 Å². The van der Waals surface area contributed by atoms with Crippen molar-refractivity contribution in [3.8, 4) is 5.75 Å². The van der Waals surface area contributed by atoms with E-state index in [2.05, 4.69) is 25.1 Å².